The fraction of sp³-hybridized carbons (Fsp3) is 0.308. The number of guanidine groups is 1. The van der Waals surface area contributed by atoms with Crippen LogP contribution in [0.4, 0.5) is 0 Å². The zero-order valence-electron chi connectivity index (χ0n) is 12.4. The minimum absolute atomic E-state index is 0.147. The molecule has 1 rings (SSSR count). The number of esters is 1. The minimum Gasteiger partial charge on any atom is -0.493 e. The Morgan fingerprint density at radius 1 is 1.32 bits per heavy atom. The maximum absolute atomic E-state index is 11.4. The molecule has 0 aliphatic rings. The molecule has 120 valence electrons. The van der Waals surface area contributed by atoms with Crippen molar-refractivity contribution in [3.8, 4) is 11.5 Å². The Labute approximate surface area is 136 Å². The van der Waals surface area contributed by atoms with E-state index < -0.39 is 12.1 Å². The fourth-order valence-electron chi connectivity index (χ4n) is 1.46. The average Bonchev–Trinajstić information content (AvgIpc) is 2.48. The molecule has 1 aromatic carbocycles. The molecule has 1 atom stereocenters. The molecule has 0 aromatic heterocycles. The van der Waals surface area contributed by atoms with Gasteiger partial charge in [-0.2, -0.15) is 5.10 Å². The lowest BCUT2D eigenvalue weighted by molar-refractivity contribution is -0.147. The normalized spacial score (nSPS) is 11.8. The van der Waals surface area contributed by atoms with Crippen LogP contribution in [-0.4, -0.2) is 38.5 Å². The van der Waals surface area contributed by atoms with Gasteiger partial charge < -0.3 is 25.7 Å². The Kier molecular flexibility index (Phi) is 6.64. The zero-order chi connectivity index (χ0) is 16.7. The van der Waals surface area contributed by atoms with Crippen LogP contribution in [0.1, 0.15) is 12.5 Å². The van der Waals surface area contributed by atoms with Crippen molar-refractivity contribution in [3.05, 3.63) is 22.2 Å². The number of carbonyl (C=O) groups is 1. The van der Waals surface area contributed by atoms with Crippen molar-refractivity contribution in [2.45, 2.75) is 13.0 Å². The van der Waals surface area contributed by atoms with E-state index in [0.717, 1.165) is 0 Å². The van der Waals surface area contributed by atoms with E-state index in [4.69, 9.17) is 20.9 Å². The van der Waals surface area contributed by atoms with E-state index in [1.807, 2.05) is 0 Å². The summed E-state index contributed by atoms with van der Waals surface area (Å²) in [4.78, 5) is 11.4. The third kappa shape index (κ3) is 4.92. The summed E-state index contributed by atoms with van der Waals surface area (Å²) in [6.07, 6.45) is 0.673. The van der Waals surface area contributed by atoms with E-state index in [1.54, 1.807) is 19.1 Å². The molecule has 0 radical (unpaired) electrons. The van der Waals surface area contributed by atoms with E-state index in [0.29, 0.717) is 21.5 Å². The quantitative estimate of drug-likeness (QED) is 0.332. The average molecular weight is 373 g/mol. The highest BCUT2D eigenvalue weighted by molar-refractivity contribution is 9.10. The molecule has 0 amide bonds. The van der Waals surface area contributed by atoms with Crippen LogP contribution in [0.15, 0.2) is 26.8 Å². The summed E-state index contributed by atoms with van der Waals surface area (Å²) >= 11 is 3.37. The highest BCUT2D eigenvalue weighted by Gasteiger charge is 2.18. The summed E-state index contributed by atoms with van der Waals surface area (Å²) in [7, 11) is 2.77. The Morgan fingerprint density at radius 3 is 2.55 bits per heavy atom. The predicted molar refractivity (Wildman–Crippen MR) is 86.2 cm³/mol. The van der Waals surface area contributed by atoms with E-state index in [1.165, 1.54) is 20.4 Å². The molecule has 22 heavy (non-hydrogen) atoms. The van der Waals surface area contributed by atoms with Gasteiger partial charge in [0.15, 0.2) is 17.6 Å². The third-order valence-corrected chi connectivity index (χ3v) is 3.18. The first-order chi connectivity index (χ1) is 10.4. The number of benzene rings is 1. The first kappa shape index (κ1) is 17.8. The lowest BCUT2D eigenvalue weighted by Gasteiger charge is -2.16. The highest BCUT2D eigenvalue weighted by Crippen LogP contribution is 2.33. The minimum atomic E-state index is -0.771. The van der Waals surface area contributed by atoms with Crippen molar-refractivity contribution in [1.82, 2.24) is 0 Å². The summed E-state index contributed by atoms with van der Waals surface area (Å²) in [5.74, 6) is 0.166. The van der Waals surface area contributed by atoms with Crippen molar-refractivity contribution < 1.29 is 19.0 Å². The lowest BCUT2D eigenvalue weighted by atomic mass is 10.2. The van der Waals surface area contributed by atoms with Crippen LogP contribution in [0.3, 0.4) is 0 Å². The summed E-state index contributed by atoms with van der Waals surface area (Å²) < 4.78 is 16.0. The first-order valence-electron chi connectivity index (χ1n) is 6.13. The summed E-state index contributed by atoms with van der Waals surface area (Å²) in [6.45, 7) is 1.58. The molecule has 0 heterocycles. The number of halogens is 1. The van der Waals surface area contributed by atoms with Crippen LogP contribution < -0.4 is 20.9 Å². The van der Waals surface area contributed by atoms with Crippen molar-refractivity contribution in [2.75, 3.05) is 14.2 Å². The van der Waals surface area contributed by atoms with E-state index >= 15 is 0 Å². The Hall–Kier alpha value is -2.29. The Morgan fingerprint density at radius 2 is 2.00 bits per heavy atom. The lowest BCUT2D eigenvalue weighted by Crippen LogP contribution is -2.25. The third-order valence-electron chi connectivity index (χ3n) is 2.49. The smallest absolute Gasteiger partial charge is 0.346 e. The molecule has 0 spiro atoms. The van der Waals surface area contributed by atoms with Crippen molar-refractivity contribution in [1.29, 1.82) is 0 Å². The van der Waals surface area contributed by atoms with Gasteiger partial charge in [0.25, 0.3) is 0 Å². The first-order valence-corrected chi connectivity index (χ1v) is 6.92. The van der Waals surface area contributed by atoms with Crippen LogP contribution in [0.5, 0.6) is 11.5 Å². The summed E-state index contributed by atoms with van der Waals surface area (Å²) in [6, 6.07) is 3.31. The monoisotopic (exact) mass is 372 g/mol. The van der Waals surface area contributed by atoms with Gasteiger partial charge in [-0.25, -0.2) is 4.79 Å². The molecule has 4 N–H and O–H groups in total. The number of hydrogen-bond donors (Lipinski definition) is 2. The van der Waals surface area contributed by atoms with Crippen LogP contribution in [0, 0.1) is 0 Å². The number of nitrogens with zero attached hydrogens (tertiary/aromatic N) is 2. The van der Waals surface area contributed by atoms with Crippen LogP contribution in [0.2, 0.25) is 0 Å². The van der Waals surface area contributed by atoms with E-state index in [9.17, 15) is 4.79 Å². The molecule has 0 saturated heterocycles. The molecule has 9 heteroatoms. The van der Waals surface area contributed by atoms with Gasteiger partial charge >= 0.3 is 5.97 Å². The Balaban J connectivity index is 3.07. The van der Waals surface area contributed by atoms with Gasteiger partial charge in [-0.1, -0.05) is 0 Å². The molecule has 0 fully saturated rings. The SMILES string of the molecule is COC(=O)C(C)Oc1cc(Br)c(C=NN=C(N)N)cc1OC. The second kappa shape index (κ2) is 8.23. The molecular formula is C13H17BrN4O4. The van der Waals surface area contributed by atoms with Gasteiger partial charge in [-0.15, -0.1) is 5.10 Å². The number of rotatable bonds is 6. The van der Waals surface area contributed by atoms with Crippen molar-refractivity contribution >= 4 is 34.1 Å². The van der Waals surface area contributed by atoms with Gasteiger partial charge in [-0.05, 0) is 35.0 Å². The molecular weight excluding hydrogens is 356 g/mol. The second-order valence-corrected chi connectivity index (χ2v) is 4.93. The van der Waals surface area contributed by atoms with Gasteiger partial charge in [0.1, 0.15) is 0 Å². The molecule has 0 saturated carbocycles. The topological polar surface area (TPSA) is 122 Å². The van der Waals surface area contributed by atoms with Crippen LogP contribution in [0.25, 0.3) is 0 Å². The van der Waals surface area contributed by atoms with Crippen molar-refractivity contribution in [3.63, 3.8) is 0 Å². The van der Waals surface area contributed by atoms with Gasteiger partial charge in [-0.3, -0.25) is 0 Å². The van der Waals surface area contributed by atoms with Crippen LogP contribution >= 0.6 is 15.9 Å². The van der Waals surface area contributed by atoms with Crippen molar-refractivity contribution in [2.24, 2.45) is 21.7 Å². The number of methoxy groups -OCH3 is 2. The highest BCUT2D eigenvalue weighted by atomic mass is 79.9. The fourth-order valence-corrected chi connectivity index (χ4v) is 1.89. The van der Waals surface area contributed by atoms with E-state index in [2.05, 4.69) is 30.9 Å². The van der Waals surface area contributed by atoms with Gasteiger partial charge in [0.2, 0.25) is 5.96 Å². The molecule has 1 aromatic rings. The molecule has 0 aliphatic carbocycles. The van der Waals surface area contributed by atoms with Crippen LogP contribution in [-0.2, 0) is 9.53 Å². The molecule has 0 aliphatic heterocycles. The number of nitrogens with two attached hydrogens (primary N) is 2. The maximum atomic E-state index is 11.4. The largest absolute Gasteiger partial charge is 0.493 e. The molecule has 0 bridgehead atoms. The van der Waals surface area contributed by atoms with Gasteiger partial charge in [0.05, 0.1) is 20.4 Å². The van der Waals surface area contributed by atoms with Gasteiger partial charge in [0, 0.05) is 10.0 Å². The maximum Gasteiger partial charge on any atom is 0.346 e. The standard InChI is InChI=1S/C13H17BrN4O4/c1-7(12(19)21-3)22-11-5-9(14)8(4-10(11)20-2)6-17-18-13(15)16/h4-7H,1-3H3,(H4,15,16,18). The molecule has 8 nitrogen and oxygen atoms in total. The predicted octanol–water partition coefficient (Wildman–Crippen LogP) is 1.01. The van der Waals surface area contributed by atoms with E-state index in [-0.39, 0.29) is 5.96 Å². The second-order valence-electron chi connectivity index (χ2n) is 4.08. The molecule has 1 unspecified atom stereocenters. The number of carbonyl (C=O) groups excluding carboxylic acids is 1. The number of ether oxygens (including phenoxy) is 3. The Bertz CT molecular complexity index is 600. The summed E-state index contributed by atoms with van der Waals surface area (Å²) in [5, 5.41) is 7.23. The summed E-state index contributed by atoms with van der Waals surface area (Å²) in [5.41, 5.74) is 11.0. The zero-order valence-corrected chi connectivity index (χ0v) is 14.0. The number of hydrogen-bond acceptors (Lipinski definition) is 6.